The minimum absolute atomic E-state index is 0.0945. The van der Waals surface area contributed by atoms with Gasteiger partial charge in [-0.25, -0.2) is 4.98 Å². The summed E-state index contributed by atoms with van der Waals surface area (Å²) in [5.74, 6) is -0.175. The summed E-state index contributed by atoms with van der Waals surface area (Å²) in [6.45, 7) is 3.50. The molecule has 8 heteroatoms. The van der Waals surface area contributed by atoms with Gasteiger partial charge in [-0.05, 0) is 43.5 Å². The van der Waals surface area contributed by atoms with Crippen molar-refractivity contribution in [3.63, 3.8) is 0 Å². The molecule has 0 aliphatic carbocycles. The van der Waals surface area contributed by atoms with Gasteiger partial charge in [0, 0.05) is 35.5 Å². The van der Waals surface area contributed by atoms with Gasteiger partial charge in [0.25, 0.3) is 5.56 Å². The normalized spacial score (nSPS) is 10.4. The van der Waals surface area contributed by atoms with Crippen LogP contribution in [0.3, 0.4) is 0 Å². The number of hydrogen-bond donors (Lipinski definition) is 2. The molecule has 0 radical (unpaired) electrons. The maximum Gasteiger partial charge on any atom is 0.266 e. The van der Waals surface area contributed by atoms with Crippen molar-refractivity contribution in [2.75, 3.05) is 5.32 Å². The Morgan fingerprint density at radius 3 is 2.93 bits per heavy atom. The highest BCUT2D eigenvalue weighted by molar-refractivity contribution is 7.14. The number of hydrogen-bond acceptors (Lipinski definition) is 6. The van der Waals surface area contributed by atoms with Gasteiger partial charge in [-0.1, -0.05) is 0 Å². The largest absolute Gasteiger partial charge is 0.325 e. The first-order valence-electron chi connectivity index (χ1n) is 8.28. The number of nitrogens with zero attached hydrogens (tertiary/aromatic N) is 3. The number of amides is 1. The molecule has 0 unspecified atom stereocenters. The standard InChI is InChI=1S/C19H17N5O2S/c1-11-14(12(2)22-18(26)15(11)8-20)5-6-17(25)24-19-23-16(10-27-19)13-4-3-7-21-9-13/h3-4,7,9-10H,5-6H2,1-2H3,(H,22,26)(H,23,24,25). The maximum atomic E-state index is 12.3. The minimum atomic E-state index is -0.397. The zero-order valence-electron chi connectivity index (χ0n) is 14.9. The molecule has 0 spiro atoms. The van der Waals surface area contributed by atoms with Crippen molar-refractivity contribution < 1.29 is 4.79 Å². The van der Waals surface area contributed by atoms with Gasteiger partial charge in [-0.3, -0.25) is 14.6 Å². The molecule has 0 fully saturated rings. The summed E-state index contributed by atoms with van der Waals surface area (Å²) in [6, 6.07) is 5.65. The number of aromatic nitrogens is 3. The van der Waals surface area contributed by atoms with Crippen LogP contribution in [0.4, 0.5) is 5.13 Å². The quantitative estimate of drug-likeness (QED) is 0.708. The molecule has 0 saturated carbocycles. The van der Waals surface area contributed by atoms with E-state index in [-0.39, 0.29) is 17.9 Å². The van der Waals surface area contributed by atoms with Crippen LogP contribution >= 0.6 is 11.3 Å². The number of carbonyl (C=O) groups is 1. The second kappa shape index (κ2) is 7.93. The third kappa shape index (κ3) is 4.10. The smallest absolute Gasteiger partial charge is 0.266 e. The molecule has 1 amide bonds. The molecule has 136 valence electrons. The van der Waals surface area contributed by atoms with Crippen LogP contribution in [0.1, 0.15) is 28.8 Å². The Kier molecular flexibility index (Phi) is 5.43. The van der Waals surface area contributed by atoms with Crippen LogP contribution in [0.15, 0.2) is 34.7 Å². The molecule has 0 aromatic carbocycles. The van der Waals surface area contributed by atoms with E-state index in [1.807, 2.05) is 23.6 Å². The van der Waals surface area contributed by atoms with E-state index in [9.17, 15) is 9.59 Å². The molecule has 2 N–H and O–H groups in total. The number of nitriles is 1. The number of thiazole rings is 1. The Labute approximate surface area is 159 Å². The van der Waals surface area contributed by atoms with Gasteiger partial charge in [0.15, 0.2) is 5.13 Å². The van der Waals surface area contributed by atoms with Crippen molar-refractivity contribution in [2.45, 2.75) is 26.7 Å². The number of aromatic amines is 1. The van der Waals surface area contributed by atoms with Crippen molar-refractivity contribution in [3.05, 3.63) is 62.6 Å². The molecule has 0 atom stereocenters. The van der Waals surface area contributed by atoms with Crippen LogP contribution in [-0.2, 0) is 11.2 Å². The SMILES string of the molecule is Cc1[nH]c(=O)c(C#N)c(C)c1CCC(=O)Nc1nc(-c2cccnc2)cs1. The summed E-state index contributed by atoms with van der Waals surface area (Å²) in [4.78, 5) is 35.2. The molecule has 3 aromatic rings. The van der Waals surface area contributed by atoms with Gasteiger partial charge in [0.2, 0.25) is 5.91 Å². The number of aryl methyl sites for hydroxylation is 1. The molecule has 0 aliphatic heterocycles. The van der Waals surface area contributed by atoms with Gasteiger partial charge >= 0.3 is 0 Å². The molecule has 7 nitrogen and oxygen atoms in total. The Hall–Kier alpha value is -3.31. The fourth-order valence-corrected chi connectivity index (χ4v) is 3.55. The van der Waals surface area contributed by atoms with Crippen LogP contribution in [0.2, 0.25) is 0 Å². The van der Waals surface area contributed by atoms with Crippen LogP contribution in [0, 0.1) is 25.2 Å². The van der Waals surface area contributed by atoms with Gasteiger partial charge < -0.3 is 10.3 Å². The number of H-pyrrole nitrogens is 1. The van der Waals surface area contributed by atoms with E-state index in [2.05, 4.69) is 20.3 Å². The fourth-order valence-electron chi connectivity index (χ4n) is 2.82. The van der Waals surface area contributed by atoms with Crippen molar-refractivity contribution in [1.29, 1.82) is 5.26 Å². The lowest BCUT2D eigenvalue weighted by Gasteiger charge is -2.10. The number of pyridine rings is 2. The topological polar surface area (TPSA) is 112 Å². The molecule has 0 saturated heterocycles. The number of anilines is 1. The Balaban J connectivity index is 1.67. The average molecular weight is 379 g/mol. The van der Waals surface area contributed by atoms with Crippen molar-refractivity contribution in [2.24, 2.45) is 0 Å². The van der Waals surface area contributed by atoms with E-state index in [1.165, 1.54) is 11.3 Å². The molecule has 0 bridgehead atoms. The molecular weight excluding hydrogens is 362 g/mol. The highest BCUT2D eigenvalue weighted by Gasteiger charge is 2.14. The van der Waals surface area contributed by atoms with Crippen LogP contribution in [0.25, 0.3) is 11.3 Å². The lowest BCUT2D eigenvalue weighted by atomic mass is 9.99. The van der Waals surface area contributed by atoms with E-state index < -0.39 is 5.56 Å². The summed E-state index contributed by atoms with van der Waals surface area (Å²) in [5.41, 5.74) is 3.46. The Morgan fingerprint density at radius 2 is 2.22 bits per heavy atom. The Morgan fingerprint density at radius 1 is 1.41 bits per heavy atom. The predicted octanol–water partition coefficient (Wildman–Crippen LogP) is 2.95. The first kappa shape index (κ1) is 18.5. The molecular formula is C19H17N5O2S. The van der Waals surface area contributed by atoms with Crippen LogP contribution in [0.5, 0.6) is 0 Å². The number of rotatable bonds is 5. The molecule has 3 aromatic heterocycles. The molecule has 3 heterocycles. The van der Waals surface area contributed by atoms with Gasteiger partial charge in [0.05, 0.1) is 5.69 Å². The maximum absolute atomic E-state index is 12.3. The van der Waals surface area contributed by atoms with E-state index in [4.69, 9.17) is 5.26 Å². The zero-order chi connectivity index (χ0) is 19.4. The molecule has 3 rings (SSSR count). The van der Waals surface area contributed by atoms with E-state index in [0.29, 0.717) is 22.8 Å². The third-order valence-electron chi connectivity index (χ3n) is 4.23. The van der Waals surface area contributed by atoms with Crippen molar-refractivity contribution >= 4 is 22.4 Å². The van der Waals surface area contributed by atoms with Crippen molar-refractivity contribution in [1.82, 2.24) is 15.0 Å². The number of nitrogens with one attached hydrogen (secondary N) is 2. The second-order valence-electron chi connectivity index (χ2n) is 6.00. The second-order valence-corrected chi connectivity index (χ2v) is 6.86. The molecule has 27 heavy (non-hydrogen) atoms. The summed E-state index contributed by atoms with van der Waals surface area (Å²) in [5, 5.41) is 14.3. The minimum Gasteiger partial charge on any atom is -0.325 e. The van der Waals surface area contributed by atoms with Crippen LogP contribution < -0.4 is 10.9 Å². The first-order valence-corrected chi connectivity index (χ1v) is 9.15. The van der Waals surface area contributed by atoms with Crippen molar-refractivity contribution in [3.8, 4) is 17.3 Å². The van der Waals surface area contributed by atoms with E-state index in [1.54, 1.807) is 26.2 Å². The lowest BCUT2D eigenvalue weighted by Crippen LogP contribution is -2.18. The summed E-state index contributed by atoms with van der Waals surface area (Å²) in [7, 11) is 0. The average Bonchev–Trinajstić information content (AvgIpc) is 3.10. The fraction of sp³-hybridized carbons (Fsp3) is 0.211. The van der Waals surface area contributed by atoms with E-state index in [0.717, 1.165) is 16.8 Å². The number of carbonyl (C=O) groups excluding carboxylic acids is 1. The van der Waals surface area contributed by atoms with Gasteiger partial charge in [-0.2, -0.15) is 5.26 Å². The highest BCUT2D eigenvalue weighted by atomic mass is 32.1. The lowest BCUT2D eigenvalue weighted by molar-refractivity contribution is -0.116. The monoisotopic (exact) mass is 379 g/mol. The predicted molar refractivity (Wildman–Crippen MR) is 104 cm³/mol. The summed E-state index contributed by atoms with van der Waals surface area (Å²) in [6.07, 6.45) is 4.06. The highest BCUT2D eigenvalue weighted by Crippen LogP contribution is 2.24. The van der Waals surface area contributed by atoms with Gasteiger partial charge in [0.1, 0.15) is 11.6 Å². The van der Waals surface area contributed by atoms with Crippen LogP contribution in [-0.4, -0.2) is 20.9 Å². The molecule has 0 aliphatic rings. The summed E-state index contributed by atoms with van der Waals surface area (Å²) < 4.78 is 0. The third-order valence-corrected chi connectivity index (χ3v) is 4.99. The zero-order valence-corrected chi connectivity index (χ0v) is 15.7. The van der Waals surface area contributed by atoms with Gasteiger partial charge in [-0.15, -0.1) is 11.3 Å². The summed E-state index contributed by atoms with van der Waals surface area (Å²) >= 11 is 1.35. The first-order chi connectivity index (χ1) is 13.0. The Bertz CT molecular complexity index is 1080. The van der Waals surface area contributed by atoms with E-state index >= 15 is 0 Å².